The number of hydrogen-bond acceptors (Lipinski definition) is 7. The minimum atomic E-state index is -4.40. The fourth-order valence-electron chi connectivity index (χ4n) is 3.22. The van der Waals surface area contributed by atoms with Crippen LogP contribution in [0.4, 0.5) is 14.5 Å². The smallest absolute Gasteiger partial charge is 0.262 e. The number of phenols is 1. The molecular formula is C24H23F2NO7S. The van der Waals surface area contributed by atoms with Crippen LogP contribution in [0.2, 0.25) is 0 Å². The van der Waals surface area contributed by atoms with Gasteiger partial charge < -0.3 is 24.1 Å². The number of sulfonamides is 1. The van der Waals surface area contributed by atoms with Gasteiger partial charge in [-0.3, -0.25) is 4.72 Å². The highest BCUT2D eigenvalue weighted by Gasteiger charge is 2.22. The largest absolute Gasteiger partial charge is 0.503 e. The molecule has 0 aromatic heterocycles. The Kier molecular flexibility index (Phi) is 7.70. The van der Waals surface area contributed by atoms with Gasteiger partial charge >= 0.3 is 0 Å². The van der Waals surface area contributed by atoms with Crippen molar-refractivity contribution in [2.75, 3.05) is 33.2 Å². The van der Waals surface area contributed by atoms with Crippen LogP contribution in [-0.2, 0) is 10.0 Å². The van der Waals surface area contributed by atoms with Crippen molar-refractivity contribution in [3.63, 3.8) is 0 Å². The monoisotopic (exact) mass is 507 g/mol. The molecule has 0 heterocycles. The lowest BCUT2D eigenvalue weighted by atomic mass is 10.1. The molecule has 11 heteroatoms. The van der Waals surface area contributed by atoms with Crippen LogP contribution in [0.1, 0.15) is 11.1 Å². The van der Waals surface area contributed by atoms with Crippen LogP contribution in [-0.4, -0.2) is 42.0 Å². The van der Waals surface area contributed by atoms with Gasteiger partial charge in [-0.1, -0.05) is 12.2 Å². The molecule has 2 N–H and O–H groups in total. The van der Waals surface area contributed by atoms with Gasteiger partial charge in [-0.15, -0.1) is 0 Å². The van der Waals surface area contributed by atoms with E-state index in [-0.39, 0.29) is 17.0 Å². The lowest BCUT2D eigenvalue weighted by Gasteiger charge is -2.15. The van der Waals surface area contributed by atoms with Crippen molar-refractivity contribution >= 4 is 27.9 Å². The third-order valence-electron chi connectivity index (χ3n) is 4.97. The summed E-state index contributed by atoms with van der Waals surface area (Å²) in [5, 5.41) is 10.6. The molecule has 3 rings (SSSR count). The summed E-state index contributed by atoms with van der Waals surface area (Å²) < 4.78 is 75.9. The third-order valence-corrected chi connectivity index (χ3v) is 6.32. The Labute approximate surface area is 201 Å². The van der Waals surface area contributed by atoms with Crippen LogP contribution in [0.3, 0.4) is 0 Å². The second-order valence-corrected chi connectivity index (χ2v) is 8.74. The minimum Gasteiger partial charge on any atom is -0.503 e. The molecule has 186 valence electrons. The van der Waals surface area contributed by atoms with Gasteiger partial charge in [-0.2, -0.15) is 0 Å². The second-order valence-electron chi connectivity index (χ2n) is 7.05. The zero-order chi connectivity index (χ0) is 25.8. The maximum Gasteiger partial charge on any atom is 0.262 e. The highest BCUT2D eigenvalue weighted by atomic mass is 32.2. The average molecular weight is 508 g/mol. The second kappa shape index (κ2) is 10.5. The highest BCUT2D eigenvalue weighted by molar-refractivity contribution is 7.92. The predicted octanol–water partition coefficient (Wildman–Crippen LogP) is 4.68. The molecule has 0 saturated heterocycles. The standard InChI is InChI=1S/C24H23F2NO7S/c1-31-19-10-7-15(6-5-14-11-20(32-2)24(34-4)21(12-14)33-3)22(23(19)28)27-35(29,30)16-8-9-17(25)18(26)13-16/h5-13,27-28H,1-4H3. The molecule has 0 unspecified atom stereocenters. The lowest BCUT2D eigenvalue weighted by Crippen LogP contribution is -2.14. The van der Waals surface area contributed by atoms with Crippen molar-refractivity contribution < 1.29 is 41.3 Å². The van der Waals surface area contributed by atoms with Crippen LogP contribution >= 0.6 is 0 Å². The van der Waals surface area contributed by atoms with E-state index in [1.807, 2.05) is 0 Å². The Balaban J connectivity index is 2.07. The zero-order valence-corrected chi connectivity index (χ0v) is 20.1. The molecule has 35 heavy (non-hydrogen) atoms. The van der Waals surface area contributed by atoms with Gasteiger partial charge in [0.25, 0.3) is 10.0 Å². The number of phenolic OH excluding ortho intramolecular Hbond substituents is 1. The third kappa shape index (κ3) is 5.40. The highest BCUT2D eigenvalue weighted by Crippen LogP contribution is 2.41. The van der Waals surface area contributed by atoms with Gasteiger partial charge in [0.05, 0.1) is 33.3 Å². The van der Waals surface area contributed by atoms with Gasteiger partial charge in [0.2, 0.25) is 5.75 Å². The van der Waals surface area contributed by atoms with E-state index in [1.165, 1.54) is 46.6 Å². The van der Waals surface area contributed by atoms with Gasteiger partial charge in [-0.25, -0.2) is 17.2 Å². The van der Waals surface area contributed by atoms with Gasteiger partial charge in [0.15, 0.2) is 34.6 Å². The van der Waals surface area contributed by atoms with E-state index in [4.69, 9.17) is 18.9 Å². The topological polar surface area (TPSA) is 103 Å². The first kappa shape index (κ1) is 25.6. The van der Waals surface area contributed by atoms with Crippen molar-refractivity contribution in [1.82, 2.24) is 0 Å². The maximum absolute atomic E-state index is 13.6. The molecule has 0 aliphatic carbocycles. The number of hydrogen-bond donors (Lipinski definition) is 2. The van der Waals surface area contributed by atoms with E-state index in [1.54, 1.807) is 18.2 Å². The van der Waals surface area contributed by atoms with E-state index in [2.05, 4.69) is 4.72 Å². The van der Waals surface area contributed by atoms with Crippen LogP contribution < -0.4 is 23.7 Å². The molecule has 0 bridgehead atoms. The summed E-state index contributed by atoms with van der Waals surface area (Å²) in [6.07, 6.45) is 3.16. The first-order valence-corrected chi connectivity index (χ1v) is 11.5. The Morgan fingerprint density at radius 3 is 1.97 bits per heavy atom. The van der Waals surface area contributed by atoms with E-state index in [9.17, 15) is 22.3 Å². The summed E-state index contributed by atoms with van der Waals surface area (Å²) in [5.41, 5.74) is 0.644. The number of rotatable bonds is 9. The van der Waals surface area contributed by atoms with E-state index in [0.29, 0.717) is 34.9 Å². The number of anilines is 1. The molecule has 8 nitrogen and oxygen atoms in total. The molecule has 0 atom stereocenters. The molecular weight excluding hydrogens is 484 g/mol. The minimum absolute atomic E-state index is 0.00192. The van der Waals surface area contributed by atoms with Crippen molar-refractivity contribution in [3.05, 3.63) is 65.2 Å². The fourth-order valence-corrected chi connectivity index (χ4v) is 4.33. The van der Waals surface area contributed by atoms with Gasteiger partial charge in [0.1, 0.15) is 5.69 Å². The first-order chi connectivity index (χ1) is 16.6. The number of methoxy groups -OCH3 is 4. The average Bonchev–Trinajstić information content (AvgIpc) is 2.85. The molecule has 0 spiro atoms. The van der Waals surface area contributed by atoms with Gasteiger partial charge in [-0.05, 0) is 48.0 Å². The van der Waals surface area contributed by atoms with E-state index in [0.717, 1.165) is 6.07 Å². The van der Waals surface area contributed by atoms with Crippen molar-refractivity contribution in [2.24, 2.45) is 0 Å². The van der Waals surface area contributed by atoms with Crippen LogP contribution in [0, 0.1) is 11.6 Å². The summed E-state index contributed by atoms with van der Waals surface area (Å²) in [5.74, 6) is -1.81. The molecule has 0 fully saturated rings. The molecule has 3 aromatic rings. The van der Waals surface area contributed by atoms with E-state index < -0.39 is 32.3 Å². The zero-order valence-electron chi connectivity index (χ0n) is 19.3. The Morgan fingerprint density at radius 2 is 1.43 bits per heavy atom. The Hall–Kier alpha value is -3.99. The van der Waals surface area contributed by atoms with Crippen LogP contribution in [0.5, 0.6) is 28.7 Å². The summed E-state index contributed by atoms with van der Waals surface area (Å²) in [6, 6.07) is 8.44. The first-order valence-electron chi connectivity index (χ1n) is 10.0. The normalized spacial score (nSPS) is 11.4. The lowest BCUT2D eigenvalue weighted by molar-refractivity contribution is 0.324. The Bertz CT molecular complexity index is 1350. The number of aromatic hydroxyl groups is 1. The molecule has 0 radical (unpaired) electrons. The summed E-state index contributed by atoms with van der Waals surface area (Å²) in [4.78, 5) is -0.529. The molecule has 0 saturated carbocycles. The number of ether oxygens (including phenoxy) is 4. The van der Waals surface area contributed by atoms with Crippen molar-refractivity contribution in [2.45, 2.75) is 4.90 Å². The molecule has 3 aromatic carbocycles. The number of nitrogens with one attached hydrogen (secondary N) is 1. The SMILES string of the molecule is COc1ccc(C=Cc2cc(OC)c(OC)c(OC)c2)c(NS(=O)(=O)c2ccc(F)c(F)c2)c1O. The molecule has 0 amide bonds. The summed E-state index contributed by atoms with van der Waals surface area (Å²) in [6.45, 7) is 0. The number of benzene rings is 3. The maximum atomic E-state index is 13.6. The number of halogens is 2. The quantitative estimate of drug-likeness (QED) is 0.320. The summed E-state index contributed by atoms with van der Waals surface area (Å²) >= 11 is 0. The molecule has 0 aliphatic rings. The Morgan fingerprint density at radius 1 is 0.800 bits per heavy atom. The predicted molar refractivity (Wildman–Crippen MR) is 127 cm³/mol. The van der Waals surface area contributed by atoms with Crippen LogP contribution in [0.15, 0.2) is 47.4 Å². The van der Waals surface area contributed by atoms with Crippen molar-refractivity contribution in [3.8, 4) is 28.7 Å². The van der Waals surface area contributed by atoms with Crippen LogP contribution in [0.25, 0.3) is 12.2 Å². The summed E-state index contributed by atoms with van der Waals surface area (Å²) in [7, 11) is 1.31. The van der Waals surface area contributed by atoms with Crippen molar-refractivity contribution in [1.29, 1.82) is 0 Å². The van der Waals surface area contributed by atoms with E-state index >= 15 is 0 Å². The van der Waals surface area contributed by atoms with Gasteiger partial charge in [0, 0.05) is 5.56 Å². The fraction of sp³-hybridized carbons (Fsp3) is 0.167. The molecule has 0 aliphatic heterocycles.